The van der Waals surface area contributed by atoms with E-state index >= 15 is 0 Å². The predicted molar refractivity (Wildman–Crippen MR) is 122 cm³/mol. The Hall–Kier alpha value is -3.25. The lowest BCUT2D eigenvalue weighted by molar-refractivity contribution is -0.126. The first-order chi connectivity index (χ1) is 14.9. The van der Waals surface area contributed by atoms with Crippen molar-refractivity contribution in [3.05, 3.63) is 87.1 Å². The van der Waals surface area contributed by atoms with Crippen LogP contribution in [0.1, 0.15) is 37.7 Å². The Morgan fingerprint density at radius 2 is 1.81 bits per heavy atom. The molecule has 1 unspecified atom stereocenters. The van der Waals surface area contributed by atoms with Crippen LogP contribution in [-0.4, -0.2) is 24.1 Å². The van der Waals surface area contributed by atoms with Crippen LogP contribution in [0, 0.1) is 19.8 Å². The predicted octanol–water partition coefficient (Wildman–Crippen LogP) is 4.27. The highest BCUT2D eigenvalue weighted by Gasteiger charge is 2.35. The molecular formula is C25H24N2O3S. The topological polar surface area (TPSA) is 66.5 Å². The van der Waals surface area contributed by atoms with E-state index in [9.17, 15) is 14.4 Å². The largest absolute Gasteiger partial charge is 0.351 e. The van der Waals surface area contributed by atoms with Crippen molar-refractivity contribution in [1.82, 2.24) is 5.32 Å². The number of aryl methyl sites for hydroxylation is 2. The van der Waals surface area contributed by atoms with E-state index in [0.717, 1.165) is 16.1 Å². The van der Waals surface area contributed by atoms with Crippen molar-refractivity contribution in [2.75, 3.05) is 11.4 Å². The number of carbonyl (C=O) groups is 3. The van der Waals surface area contributed by atoms with Gasteiger partial charge in [0.25, 0.3) is 0 Å². The molecule has 2 aromatic carbocycles. The number of ketones is 1. The van der Waals surface area contributed by atoms with Gasteiger partial charge >= 0.3 is 0 Å². The fourth-order valence-corrected chi connectivity index (χ4v) is 4.58. The molecule has 1 aromatic heterocycles. The third-order valence-electron chi connectivity index (χ3n) is 5.66. The van der Waals surface area contributed by atoms with Gasteiger partial charge in [0.1, 0.15) is 0 Å². The highest BCUT2D eigenvalue weighted by Crippen LogP contribution is 2.27. The second-order valence-corrected chi connectivity index (χ2v) is 9.02. The first-order valence-corrected chi connectivity index (χ1v) is 11.1. The molecule has 6 heteroatoms. The zero-order valence-electron chi connectivity index (χ0n) is 17.6. The molecule has 0 aliphatic carbocycles. The zero-order chi connectivity index (χ0) is 22.0. The molecule has 0 saturated carbocycles. The van der Waals surface area contributed by atoms with Gasteiger partial charge in [-0.2, -0.15) is 0 Å². The minimum atomic E-state index is -0.375. The van der Waals surface area contributed by atoms with Gasteiger partial charge in [0.15, 0.2) is 0 Å². The molecule has 4 rings (SSSR count). The molecule has 2 amide bonds. The lowest BCUT2D eigenvalue weighted by atomic mass is 10.1. The van der Waals surface area contributed by atoms with E-state index in [1.807, 2.05) is 56.3 Å². The molecule has 1 fully saturated rings. The number of nitrogens with one attached hydrogen (secondary N) is 1. The maximum absolute atomic E-state index is 12.7. The Kier molecular flexibility index (Phi) is 6.00. The van der Waals surface area contributed by atoms with Crippen LogP contribution in [0.4, 0.5) is 5.69 Å². The molecule has 1 aliphatic heterocycles. The molecule has 5 nitrogen and oxygen atoms in total. The SMILES string of the molecule is Cc1ccc(N2CC(C(=O)NCc3ccc(C(=O)c4ccccc4)s3)CC2=O)cc1C. The molecular weight excluding hydrogens is 408 g/mol. The van der Waals surface area contributed by atoms with Crippen molar-refractivity contribution in [3.63, 3.8) is 0 Å². The smallest absolute Gasteiger partial charge is 0.227 e. The molecule has 1 saturated heterocycles. The zero-order valence-corrected chi connectivity index (χ0v) is 18.4. The number of benzene rings is 2. The van der Waals surface area contributed by atoms with E-state index < -0.39 is 0 Å². The summed E-state index contributed by atoms with van der Waals surface area (Å²) in [7, 11) is 0. The lowest BCUT2D eigenvalue weighted by Gasteiger charge is -2.18. The molecule has 158 valence electrons. The quantitative estimate of drug-likeness (QED) is 0.592. The van der Waals surface area contributed by atoms with Crippen molar-refractivity contribution in [2.45, 2.75) is 26.8 Å². The summed E-state index contributed by atoms with van der Waals surface area (Å²) in [5.74, 6) is -0.563. The lowest BCUT2D eigenvalue weighted by Crippen LogP contribution is -2.32. The monoisotopic (exact) mass is 432 g/mol. The van der Waals surface area contributed by atoms with Crippen LogP contribution in [0.25, 0.3) is 0 Å². The average molecular weight is 433 g/mol. The van der Waals surface area contributed by atoms with Crippen LogP contribution in [-0.2, 0) is 16.1 Å². The molecule has 1 atom stereocenters. The van der Waals surface area contributed by atoms with Gasteiger partial charge in [-0.3, -0.25) is 14.4 Å². The van der Waals surface area contributed by atoms with Crippen LogP contribution >= 0.6 is 11.3 Å². The summed E-state index contributed by atoms with van der Waals surface area (Å²) in [6.45, 7) is 4.78. The van der Waals surface area contributed by atoms with Crippen LogP contribution in [0.5, 0.6) is 0 Å². The normalized spacial score (nSPS) is 15.9. The summed E-state index contributed by atoms with van der Waals surface area (Å²) >= 11 is 1.38. The third kappa shape index (κ3) is 4.59. The number of carbonyl (C=O) groups excluding carboxylic acids is 3. The summed E-state index contributed by atoms with van der Waals surface area (Å²) in [6, 6.07) is 18.7. The highest BCUT2D eigenvalue weighted by atomic mass is 32.1. The van der Waals surface area contributed by atoms with E-state index in [2.05, 4.69) is 5.32 Å². The third-order valence-corrected chi connectivity index (χ3v) is 6.74. The van der Waals surface area contributed by atoms with E-state index in [-0.39, 0.29) is 29.9 Å². The highest BCUT2D eigenvalue weighted by molar-refractivity contribution is 7.14. The van der Waals surface area contributed by atoms with Gasteiger partial charge in [0.2, 0.25) is 17.6 Å². The summed E-state index contributed by atoms with van der Waals surface area (Å²) in [5.41, 5.74) is 3.78. The maximum Gasteiger partial charge on any atom is 0.227 e. The van der Waals surface area contributed by atoms with Gasteiger partial charge in [0.05, 0.1) is 17.3 Å². The van der Waals surface area contributed by atoms with Crippen LogP contribution in [0.3, 0.4) is 0 Å². The standard InChI is InChI=1S/C25H24N2O3S/c1-16-8-9-20(12-17(16)2)27-15-19(13-23(27)28)25(30)26-14-21-10-11-22(31-21)24(29)18-6-4-3-5-7-18/h3-12,19H,13-15H2,1-2H3,(H,26,30). The molecule has 0 spiro atoms. The first kappa shape index (κ1) is 21.0. The van der Waals surface area contributed by atoms with Gasteiger partial charge in [-0.15, -0.1) is 11.3 Å². The van der Waals surface area contributed by atoms with Crippen molar-refractivity contribution < 1.29 is 14.4 Å². The maximum atomic E-state index is 12.7. The molecule has 1 N–H and O–H groups in total. The van der Waals surface area contributed by atoms with Crippen LogP contribution in [0.15, 0.2) is 60.7 Å². The second-order valence-electron chi connectivity index (χ2n) is 7.85. The summed E-state index contributed by atoms with van der Waals surface area (Å²) in [6.07, 6.45) is 0.209. The van der Waals surface area contributed by atoms with E-state index in [0.29, 0.717) is 23.5 Å². The van der Waals surface area contributed by atoms with Crippen molar-refractivity contribution in [1.29, 1.82) is 0 Å². The van der Waals surface area contributed by atoms with Crippen LogP contribution in [0.2, 0.25) is 0 Å². The number of hydrogen-bond acceptors (Lipinski definition) is 4. The summed E-state index contributed by atoms with van der Waals surface area (Å²) in [5, 5.41) is 2.93. The van der Waals surface area contributed by atoms with Gasteiger partial charge in [-0.25, -0.2) is 0 Å². The average Bonchev–Trinajstić information content (AvgIpc) is 3.41. The van der Waals surface area contributed by atoms with Crippen molar-refractivity contribution in [3.8, 4) is 0 Å². The summed E-state index contributed by atoms with van der Waals surface area (Å²) in [4.78, 5) is 40.9. The van der Waals surface area contributed by atoms with Crippen LogP contribution < -0.4 is 10.2 Å². The number of anilines is 1. The molecule has 0 bridgehead atoms. The molecule has 2 heterocycles. The number of nitrogens with zero attached hydrogens (tertiary/aromatic N) is 1. The fourth-order valence-electron chi connectivity index (χ4n) is 3.67. The van der Waals surface area contributed by atoms with Crippen molar-refractivity contribution in [2.24, 2.45) is 5.92 Å². The Morgan fingerprint density at radius 1 is 1.03 bits per heavy atom. The second kappa shape index (κ2) is 8.86. The number of rotatable bonds is 6. The van der Waals surface area contributed by atoms with Gasteiger partial charge in [0, 0.05) is 29.1 Å². The molecule has 0 radical (unpaired) electrons. The number of hydrogen-bond donors (Lipinski definition) is 1. The van der Waals surface area contributed by atoms with E-state index in [1.54, 1.807) is 23.1 Å². The minimum absolute atomic E-state index is 0.0198. The Labute approximate surface area is 185 Å². The van der Waals surface area contributed by atoms with Gasteiger partial charge in [-0.05, 0) is 49.2 Å². The Bertz CT molecular complexity index is 1140. The summed E-state index contributed by atoms with van der Waals surface area (Å²) < 4.78 is 0. The first-order valence-electron chi connectivity index (χ1n) is 10.3. The van der Waals surface area contributed by atoms with Gasteiger partial charge < -0.3 is 10.2 Å². The minimum Gasteiger partial charge on any atom is -0.351 e. The molecule has 3 aromatic rings. The van der Waals surface area contributed by atoms with Crippen molar-refractivity contribution >= 4 is 34.6 Å². The molecule has 31 heavy (non-hydrogen) atoms. The van der Waals surface area contributed by atoms with E-state index in [4.69, 9.17) is 0 Å². The number of amides is 2. The Morgan fingerprint density at radius 3 is 2.55 bits per heavy atom. The number of thiophene rings is 1. The molecule has 1 aliphatic rings. The fraction of sp³-hybridized carbons (Fsp3) is 0.240. The van der Waals surface area contributed by atoms with Gasteiger partial charge in [-0.1, -0.05) is 36.4 Å². The van der Waals surface area contributed by atoms with E-state index in [1.165, 1.54) is 16.9 Å². The Balaban J connectivity index is 1.35.